The van der Waals surface area contributed by atoms with Crippen molar-refractivity contribution in [2.45, 2.75) is 31.1 Å². The summed E-state index contributed by atoms with van der Waals surface area (Å²) in [5, 5.41) is 2.83. The predicted octanol–water partition coefficient (Wildman–Crippen LogP) is 3.19. The summed E-state index contributed by atoms with van der Waals surface area (Å²) in [6, 6.07) is 12.7. The second-order valence-electron chi connectivity index (χ2n) is 6.54. The molecule has 2 aromatic rings. The summed E-state index contributed by atoms with van der Waals surface area (Å²) < 4.78 is 28.8. The lowest BCUT2D eigenvalue weighted by atomic mass is 10.0. The zero-order valence-electron chi connectivity index (χ0n) is 15.6. The Hall–Kier alpha value is -2.34. The topological polar surface area (TPSA) is 72.5 Å². The van der Waals surface area contributed by atoms with Crippen molar-refractivity contribution >= 4 is 15.7 Å². The van der Waals surface area contributed by atoms with Crippen molar-refractivity contribution in [3.8, 4) is 5.75 Å². The SMILES string of the molecule is COc1ccc(C(=O)NCCc2ccc(C(C)C)cc2)cc1S(C)(=O)=O. The number of benzene rings is 2. The van der Waals surface area contributed by atoms with E-state index in [1.165, 1.54) is 24.8 Å². The van der Waals surface area contributed by atoms with Crippen LogP contribution in [-0.2, 0) is 16.3 Å². The van der Waals surface area contributed by atoms with E-state index >= 15 is 0 Å². The van der Waals surface area contributed by atoms with Gasteiger partial charge in [-0.2, -0.15) is 0 Å². The average Bonchev–Trinajstić information content (AvgIpc) is 2.60. The minimum atomic E-state index is -3.48. The first-order chi connectivity index (χ1) is 12.2. The van der Waals surface area contributed by atoms with Crippen LogP contribution in [0.25, 0.3) is 0 Å². The fourth-order valence-corrected chi connectivity index (χ4v) is 3.46. The molecule has 0 bridgehead atoms. The molecule has 0 aromatic heterocycles. The lowest BCUT2D eigenvalue weighted by Gasteiger charge is -2.10. The van der Waals surface area contributed by atoms with Crippen LogP contribution in [0.5, 0.6) is 5.75 Å². The fourth-order valence-electron chi connectivity index (χ4n) is 2.60. The fraction of sp³-hybridized carbons (Fsp3) is 0.350. The van der Waals surface area contributed by atoms with E-state index in [0.717, 1.165) is 11.8 Å². The third-order valence-electron chi connectivity index (χ3n) is 4.17. The minimum Gasteiger partial charge on any atom is -0.495 e. The Morgan fingerprint density at radius 2 is 1.77 bits per heavy atom. The molecule has 26 heavy (non-hydrogen) atoms. The Labute approximate surface area is 155 Å². The third-order valence-corrected chi connectivity index (χ3v) is 5.29. The minimum absolute atomic E-state index is 0.0110. The molecule has 0 aliphatic rings. The van der Waals surface area contributed by atoms with E-state index in [2.05, 4.69) is 43.4 Å². The molecule has 0 saturated heterocycles. The largest absolute Gasteiger partial charge is 0.495 e. The van der Waals surface area contributed by atoms with E-state index < -0.39 is 9.84 Å². The smallest absolute Gasteiger partial charge is 0.251 e. The van der Waals surface area contributed by atoms with Crippen LogP contribution in [0.15, 0.2) is 47.4 Å². The first-order valence-corrected chi connectivity index (χ1v) is 10.4. The first kappa shape index (κ1) is 20.0. The van der Waals surface area contributed by atoms with Crippen LogP contribution in [-0.4, -0.2) is 34.2 Å². The van der Waals surface area contributed by atoms with Gasteiger partial charge in [0.1, 0.15) is 10.6 Å². The molecule has 2 rings (SSSR count). The molecule has 0 aliphatic heterocycles. The van der Waals surface area contributed by atoms with Gasteiger partial charge in [-0.1, -0.05) is 38.1 Å². The molecule has 0 spiro atoms. The molecular formula is C20H25NO4S. The highest BCUT2D eigenvalue weighted by atomic mass is 32.2. The first-order valence-electron chi connectivity index (χ1n) is 8.47. The number of rotatable bonds is 7. The van der Waals surface area contributed by atoms with Crippen molar-refractivity contribution in [2.75, 3.05) is 19.9 Å². The summed E-state index contributed by atoms with van der Waals surface area (Å²) in [6.07, 6.45) is 1.80. The molecular weight excluding hydrogens is 350 g/mol. The van der Waals surface area contributed by atoms with Gasteiger partial charge in [0.25, 0.3) is 5.91 Å². The summed E-state index contributed by atoms with van der Waals surface area (Å²) in [6.45, 7) is 4.77. The number of ether oxygens (including phenoxy) is 1. The molecule has 6 heteroatoms. The van der Waals surface area contributed by atoms with Gasteiger partial charge in [0, 0.05) is 18.4 Å². The van der Waals surface area contributed by atoms with E-state index in [1.807, 2.05) is 0 Å². The number of nitrogens with one attached hydrogen (secondary N) is 1. The van der Waals surface area contributed by atoms with Gasteiger partial charge in [0.05, 0.1) is 7.11 Å². The van der Waals surface area contributed by atoms with E-state index in [1.54, 1.807) is 6.07 Å². The summed E-state index contributed by atoms with van der Waals surface area (Å²) in [4.78, 5) is 12.3. The molecule has 0 heterocycles. The Morgan fingerprint density at radius 1 is 1.12 bits per heavy atom. The third kappa shape index (κ3) is 5.08. The Morgan fingerprint density at radius 3 is 2.31 bits per heavy atom. The molecule has 0 fully saturated rings. The van der Waals surface area contributed by atoms with Crippen LogP contribution < -0.4 is 10.1 Å². The number of sulfone groups is 1. The van der Waals surface area contributed by atoms with Crippen molar-refractivity contribution in [1.82, 2.24) is 5.32 Å². The summed E-state index contributed by atoms with van der Waals surface area (Å²) in [5.74, 6) is 0.411. The van der Waals surface area contributed by atoms with Crippen LogP contribution in [0.1, 0.15) is 41.3 Å². The highest BCUT2D eigenvalue weighted by molar-refractivity contribution is 7.90. The average molecular weight is 375 g/mol. The standard InChI is InChI=1S/C20H25NO4S/c1-14(2)16-7-5-15(6-8-16)11-12-21-20(22)17-9-10-18(25-3)19(13-17)26(4,23)24/h5-10,13-14H,11-12H2,1-4H3,(H,21,22). The molecule has 5 nitrogen and oxygen atoms in total. The Balaban J connectivity index is 2.02. The number of carbonyl (C=O) groups excluding carboxylic acids is 1. The summed E-state index contributed by atoms with van der Waals surface area (Å²) >= 11 is 0. The summed E-state index contributed by atoms with van der Waals surface area (Å²) in [7, 11) is -2.08. The maximum absolute atomic E-state index is 12.3. The zero-order chi connectivity index (χ0) is 19.3. The molecule has 140 valence electrons. The van der Waals surface area contributed by atoms with Crippen molar-refractivity contribution in [2.24, 2.45) is 0 Å². The normalized spacial score (nSPS) is 11.4. The van der Waals surface area contributed by atoms with Gasteiger partial charge in [-0.25, -0.2) is 8.42 Å². The van der Waals surface area contributed by atoms with E-state index in [4.69, 9.17) is 4.74 Å². The number of hydrogen-bond acceptors (Lipinski definition) is 4. The number of amides is 1. The molecule has 0 aliphatic carbocycles. The van der Waals surface area contributed by atoms with Crippen LogP contribution >= 0.6 is 0 Å². The monoisotopic (exact) mass is 375 g/mol. The van der Waals surface area contributed by atoms with Crippen LogP contribution in [0.2, 0.25) is 0 Å². The quantitative estimate of drug-likeness (QED) is 0.807. The maximum Gasteiger partial charge on any atom is 0.251 e. The lowest BCUT2D eigenvalue weighted by Crippen LogP contribution is -2.26. The van der Waals surface area contributed by atoms with Gasteiger partial charge in [-0.3, -0.25) is 4.79 Å². The Kier molecular flexibility index (Phi) is 6.42. The van der Waals surface area contributed by atoms with Gasteiger partial charge in [0.2, 0.25) is 0 Å². The van der Waals surface area contributed by atoms with Crippen molar-refractivity contribution in [3.63, 3.8) is 0 Å². The van der Waals surface area contributed by atoms with Crippen LogP contribution in [0.4, 0.5) is 0 Å². The van der Waals surface area contributed by atoms with Crippen LogP contribution in [0, 0.1) is 0 Å². The molecule has 1 N–H and O–H groups in total. The molecule has 0 radical (unpaired) electrons. The molecule has 2 aromatic carbocycles. The van der Waals surface area contributed by atoms with Crippen molar-refractivity contribution < 1.29 is 17.9 Å². The van der Waals surface area contributed by atoms with Gasteiger partial charge in [-0.05, 0) is 41.7 Å². The number of carbonyl (C=O) groups is 1. The van der Waals surface area contributed by atoms with Gasteiger partial charge in [-0.15, -0.1) is 0 Å². The van der Waals surface area contributed by atoms with E-state index in [-0.39, 0.29) is 16.6 Å². The van der Waals surface area contributed by atoms with Gasteiger partial charge in [0.15, 0.2) is 9.84 Å². The highest BCUT2D eigenvalue weighted by Gasteiger charge is 2.17. The predicted molar refractivity (Wildman–Crippen MR) is 103 cm³/mol. The molecule has 0 unspecified atom stereocenters. The second kappa shape index (κ2) is 8.36. The molecule has 0 saturated carbocycles. The van der Waals surface area contributed by atoms with Crippen molar-refractivity contribution in [1.29, 1.82) is 0 Å². The summed E-state index contributed by atoms with van der Waals surface area (Å²) in [5.41, 5.74) is 2.71. The highest BCUT2D eigenvalue weighted by Crippen LogP contribution is 2.24. The lowest BCUT2D eigenvalue weighted by molar-refractivity contribution is 0.0954. The van der Waals surface area contributed by atoms with Crippen LogP contribution in [0.3, 0.4) is 0 Å². The van der Waals surface area contributed by atoms with E-state index in [0.29, 0.717) is 24.4 Å². The number of hydrogen-bond donors (Lipinski definition) is 1. The second-order valence-corrected chi connectivity index (χ2v) is 8.52. The maximum atomic E-state index is 12.3. The Bertz CT molecular complexity index is 871. The van der Waals surface area contributed by atoms with Gasteiger partial charge >= 0.3 is 0 Å². The van der Waals surface area contributed by atoms with Crippen molar-refractivity contribution in [3.05, 3.63) is 59.2 Å². The van der Waals surface area contributed by atoms with Gasteiger partial charge < -0.3 is 10.1 Å². The molecule has 0 atom stereocenters. The molecule has 1 amide bonds. The number of methoxy groups -OCH3 is 1. The van der Waals surface area contributed by atoms with E-state index in [9.17, 15) is 13.2 Å². The zero-order valence-corrected chi connectivity index (χ0v) is 16.4.